The minimum atomic E-state index is -1.07. The Kier molecular flexibility index (Phi) is 9.28. The van der Waals surface area contributed by atoms with Crippen LogP contribution in [0.25, 0.3) is 0 Å². The molecule has 5 atom stereocenters. The molecular weight excluding hydrogens is 496 g/mol. The molecule has 3 heterocycles. The van der Waals surface area contributed by atoms with Gasteiger partial charge in [0.2, 0.25) is 5.91 Å². The molecule has 0 saturated carbocycles. The molecule has 0 aromatic heterocycles. The highest BCUT2D eigenvalue weighted by Crippen LogP contribution is 2.59. The van der Waals surface area contributed by atoms with E-state index in [1.165, 1.54) is 0 Å². The fraction of sp³-hybridized carbons (Fsp3) is 0.581. The van der Waals surface area contributed by atoms with Crippen LogP contribution >= 0.6 is 0 Å². The van der Waals surface area contributed by atoms with Gasteiger partial charge in [-0.1, -0.05) is 30.4 Å². The number of fused-ring (bicyclic) bond motifs is 1. The fourth-order valence-corrected chi connectivity index (χ4v) is 6.81. The Labute approximate surface area is 231 Å². The largest absolute Gasteiger partial charge is 0.465 e. The maximum Gasteiger partial charge on any atom is 0.312 e. The normalized spacial score (nSPS) is 26.9. The summed E-state index contributed by atoms with van der Waals surface area (Å²) in [6, 6.07) is 5.04. The first-order chi connectivity index (χ1) is 18.8. The van der Waals surface area contributed by atoms with Gasteiger partial charge in [-0.15, -0.1) is 13.2 Å². The highest BCUT2D eigenvalue weighted by atomic mass is 16.6. The number of carbonyl (C=O) groups excluding carboxylic acids is 3. The maximum atomic E-state index is 14.6. The van der Waals surface area contributed by atoms with Gasteiger partial charge in [0, 0.05) is 25.4 Å². The molecule has 1 aromatic rings. The lowest BCUT2D eigenvalue weighted by molar-refractivity contribution is -0.155. The molecule has 3 aliphatic rings. The minimum absolute atomic E-state index is 0.0765. The van der Waals surface area contributed by atoms with E-state index < -0.39 is 35.6 Å². The van der Waals surface area contributed by atoms with Crippen LogP contribution in [0.4, 0.5) is 5.69 Å². The molecule has 212 valence electrons. The van der Waals surface area contributed by atoms with E-state index in [0.717, 1.165) is 29.7 Å². The Balaban J connectivity index is 1.70. The Morgan fingerprint density at radius 1 is 1.18 bits per heavy atom. The summed E-state index contributed by atoms with van der Waals surface area (Å²) in [6.45, 7) is 12.5. The summed E-state index contributed by atoms with van der Waals surface area (Å²) in [7, 11) is 0. The van der Waals surface area contributed by atoms with E-state index in [1.54, 1.807) is 22.0 Å². The van der Waals surface area contributed by atoms with Crippen molar-refractivity contribution in [1.82, 2.24) is 4.90 Å². The fourth-order valence-electron chi connectivity index (χ4n) is 6.81. The van der Waals surface area contributed by atoms with Gasteiger partial charge in [0.25, 0.3) is 5.91 Å². The third-order valence-corrected chi connectivity index (χ3v) is 8.45. The van der Waals surface area contributed by atoms with E-state index in [4.69, 9.17) is 9.47 Å². The average molecular weight is 539 g/mol. The van der Waals surface area contributed by atoms with Crippen molar-refractivity contribution >= 4 is 23.5 Å². The molecule has 3 saturated heterocycles. The lowest BCUT2D eigenvalue weighted by Gasteiger charge is -2.37. The second kappa shape index (κ2) is 12.5. The Morgan fingerprint density at radius 3 is 2.59 bits per heavy atom. The number of hydrogen-bond donors (Lipinski definition) is 1. The topological polar surface area (TPSA) is 96.4 Å². The van der Waals surface area contributed by atoms with Gasteiger partial charge in [0.15, 0.2) is 0 Å². The lowest BCUT2D eigenvalue weighted by Crippen LogP contribution is -2.56. The van der Waals surface area contributed by atoms with Crippen LogP contribution < -0.4 is 4.90 Å². The number of amides is 2. The number of carbonyl (C=O) groups is 3. The van der Waals surface area contributed by atoms with Crippen LogP contribution in [0.5, 0.6) is 0 Å². The number of unbranched alkanes of at least 4 members (excludes halogenated alkanes) is 3. The molecule has 8 heteroatoms. The summed E-state index contributed by atoms with van der Waals surface area (Å²) in [4.78, 5) is 45.3. The van der Waals surface area contributed by atoms with Crippen molar-refractivity contribution in [2.45, 2.75) is 76.5 Å². The third-order valence-electron chi connectivity index (χ3n) is 8.45. The van der Waals surface area contributed by atoms with Crippen molar-refractivity contribution in [3.8, 4) is 0 Å². The molecule has 4 rings (SSSR count). The number of esters is 1. The smallest absolute Gasteiger partial charge is 0.312 e. The Hall–Kier alpha value is -2.97. The number of aliphatic hydroxyl groups excluding tert-OH is 1. The second-order valence-electron chi connectivity index (χ2n) is 10.9. The number of para-hydroxylation sites is 1. The zero-order valence-corrected chi connectivity index (χ0v) is 23.3. The molecule has 3 aliphatic heterocycles. The summed E-state index contributed by atoms with van der Waals surface area (Å²) >= 11 is 0. The summed E-state index contributed by atoms with van der Waals surface area (Å²) in [5, 5.41) is 9.25. The zero-order chi connectivity index (χ0) is 28.2. The van der Waals surface area contributed by atoms with Gasteiger partial charge in [0.1, 0.15) is 11.6 Å². The van der Waals surface area contributed by atoms with E-state index in [2.05, 4.69) is 13.2 Å². The molecule has 0 radical (unpaired) electrons. The average Bonchev–Trinajstić information content (AvgIpc) is 3.55. The van der Waals surface area contributed by atoms with Crippen molar-refractivity contribution in [2.24, 2.45) is 11.8 Å². The lowest BCUT2D eigenvalue weighted by atomic mass is 9.70. The molecule has 2 bridgehead atoms. The van der Waals surface area contributed by atoms with Crippen LogP contribution in [0.3, 0.4) is 0 Å². The van der Waals surface area contributed by atoms with Crippen LogP contribution in [0, 0.1) is 25.7 Å². The number of anilines is 1. The van der Waals surface area contributed by atoms with Crippen LogP contribution in [-0.4, -0.2) is 71.8 Å². The summed E-state index contributed by atoms with van der Waals surface area (Å²) < 4.78 is 12.1. The first kappa shape index (κ1) is 29.0. The number of likely N-dealkylation sites (tertiary alicyclic amines) is 1. The summed E-state index contributed by atoms with van der Waals surface area (Å²) in [6.07, 6.45) is 7.56. The molecule has 3 fully saturated rings. The van der Waals surface area contributed by atoms with E-state index >= 15 is 0 Å². The van der Waals surface area contributed by atoms with Crippen molar-refractivity contribution in [2.75, 3.05) is 31.2 Å². The van der Waals surface area contributed by atoms with Crippen LogP contribution in [-0.2, 0) is 23.9 Å². The molecule has 39 heavy (non-hydrogen) atoms. The van der Waals surface area contributed by atoms with Crippen molar-refractivity contribution in [1.29, 1.82) is 0 Å². The number of allylic oxidation sites excluding steroid dienone is 1. The van der Waals surface area contributed by atoms with Gasteiger partial charge in [-0.3, -0.25) is 14.4 Å². The van der Waals surface area contributed by atoms with E-state index in [0.29, 0.717) is 38.6 Å². The number of nitrogens with zero attached hydrogens (tertiary/aromatic N) is 2. The number of ether oxygens (including phenoxy) is 2. The highest BCUT2D eigenvalue weighted by Gasteiger charge is 2.75. The monoisotopic (exact) mass is 538 g/mol. The number of hydrogen-bond acceptors (Lipinski definition) is 6. The highest BCUT2D eigenvalue weighted by molar-refractivity contribution is 6.05. The van der Waals surface area contributed by atoms with E-state index in [-0.39, 0.29) is 31.6 Å². The van der Waals surface area contributed by atoms with Crippen LogP contribution in [0.2, 0.25) is 0 Å². The van der Waals surface area contributed by atoms with Gasteiger partial charge in [-0.2, -0.15) is 0 Å². The van der Waals surface area contributed by atoms with Crippen LogP contribution in [0.15, 0.2) is 43.5 Å². The summed E-state index contributed by atoms with van der Waals surface area (Å²) in [5.74, 6) is -2.33. The molecule has 0 aliphatic carbocycles. The quantitative estimate of drug-likeness (QED) is 0.220. The number of aryl methyl sites for hydroxylation is 2. The predicted molar refractivity (Wildman–Crippen MR) is 149 cm³/mol. The van der Waals surface area contributed by atoms with Crippen molar-refractivity contribution in [3.05, 3.63) is 54.6 Å². The standard InChI is InChI=1S/C31H42N2O6/c1-5-7-11-20-38-30(37)24-23-15-16-31(39-23)25(24)28(35)33(18-9-8-10-19-34)27(31)29(36)32(17-6-2)26-21(3)13-12-14-22(26)4/h5-6,12-14,23-25,27,34H,1-2,7-11,15-20H2,3-4H3/t23-,24+,25-,27?,31?/m0/s1. The SMILES string of the molecule is C=CCCCOC(=O)[C@@H]1[C@@H]2CCC3(O2)C(C(=O)N(CC=C)c2c(C)cccc2C)N(CCCCCO)C(=O)[C@H]13. The molecular formula is C31H42N2O6. The zero-order valence-electron chi connectivity index (χ0n) is 23.3. The first-order valence-corrected chi connectivity index (χ1v) is 14.2. The molecule has 2 unspecified atom stereocenters. The molecule has 1 spiro atoms. The van der Waals surface area contributed by atoms with Gasteiger partial charge < -0.3 is 24.4 Å². The molecule has 1 N–H and O–H groups in total. The van der Waals surface area contributed by atoms with Gasteiger partial charge in [-0.05, 0) is 69.9 Å². The number of rotatable bonds is 14. The predicted octanol–water partition coefficient (Wildman–Crippen LogP) is 3.87. The molecule has 8 nitrogen and oxygen atoms in total. The van der Waals surface area contributed by atoms with Gasteiger partial charge >= 0.3 is 5.97 Å². The number of aliphatic hydroxyl groups is 1. The maximum absolute atomic E-state index is 14.6. The number of benzene rings is 1. The summed E-state index contributed by atoms with van der Waals surface area (Å²) in [5.41, 5.74) is 1.64. The van der Waals surface area contributed by atoms with E-state index in [9.17, 15) is 19.5 Å². The Bertz CT molecular complexity index is 1080. The second-order valence-corrected chi connectivity index (χ2v) is 10.9. The van der Waals surface area contributed by atoms with Gasteiger partial charge in [0.05, 0.1) is 24.5 Å². The molecule has 2 amide bonds. The van der Waals surface area contributed by atoms with Crippen LogP contribution in [0.1, 0.15) is 56.1 Å². The minimum Gasteiger partial charge on any atom is -0.465 e. The van der Waals surface area contributed by atoms with E-state index in [1.807, 2.05) is 32.0 Å². The van der Waals surface area contributed by atoms with Crippen molar-refractivity contribution < 1.29 is 29.0 Å². The van der Waals surface area contributed by atoms with Crippen molar-refractivity contribution in [3.63, 3.8) is 0 Å². The Morgan fingerprint density at radius 2 is 1.92 bits per heavy atom. The third kappa shape index (κ3) is 5.29. The molecule has 1 aromatic carbocycles. The van der Waals surface area contributed by atoms with Gasteiger partial charge in [-0.25, -0.2) is 0 Å². The first-order valence-electron chi connectivity index (χ1n) is 14.2.